The maximum Gasteiger partial charge on any atom is 0.147 e. The van der Waals surface area contributed by atoms with E-state index in [-0.39, 0.29) is 0 Å². The quantitative estimate of drug-likeness (QED) is 0.830. The Balaban J connectivity index is 2.04. The lowest BCUT2D eigenvalue weighted by atomic mass is 9.98. The van der Waals surface area contributed by atoms with E-state index in [1.54, 1.807) is 6.07 Å². The third kappa shape index (κ3) is 3.67. The molecule has 1 aliphatic rings. The topological polar surface area (TPSA) is 37.0 Å². The predicted molar refractivity (Wildman–Crippen MR) is 83.4 cm³/mol. The summed E-state index contributed by atoms with van der Waals surface area (Å²) in [7, 11) is 0. The second-order valence-electron chi connectivity index (χ2n) is 5.23. The maximum absolute atomic E-state index is 6.19. The van der Waals surface area contributed by atoms with Crippen molar-refractivity contribution >= 4 is 34.8 Å². The first-order valence-corrected chi connectivity index (χ1v) is 7.71. The highest BCUT2D eigenvalue weighted by Gasteiger charge is 2.23. The summed E-state index contributed by atoms with van der Waals surface area (Å²) in [6.45, 7) is 6.05. The summed E-state index contributed by atoms with van der Waals surface area (Å²) in [6.07, 6.45) is 3.95. The molecule has 2 unspecified atom stereocenters. The number of halogens is 2. The highest BCUT2D eigenvalue weighted by atomic mass is 35.5. The van der Waals surface area contributed by atoms with Gasteiger partial charge in [-0.3, -0.25) is 0 Å². The van der Waals surface area contributed by atoms with Crippen molar-refractivity contribution in [2.45, 2.75) is 33.1 Å². The van der Waals surface area contributed by atoms with Crippen molar-refractivity contribution in [3.8, 4) is 0 Å². The fraction of sp³-hybridized carbons (Fsp3) is 0.643. The third-order valence-corrected chi connectivity index (χ3v) is 4.42. The standard InChI is InChI=1S/C14H21Cl2N3/c1-3-17-13-11(15)7-12(16)14(19-13)18-8-10-6-4-5-9(10)2/h7,9-10H,3-6,8H2,1-2H3,(H2,17,18,19). The van der Waals surface area contributed by atoms with Gasteiger partial charge < -0.3 is 10.6 Å². The molecule has 0 amide bonds. The Bertz CT molecular complexity index is 437. The lowest BCUT2D eigenvalue weighted by molar-refractivity contribution is 0.439. The van der Waals surface area contributed by atoms with Crippen molar-refractivity contribution in [3.05, 3.63) is 16.1 Å². The maximum atomic E-state index is 6.19. The minimum absolute atomic E-state index is 0.562. The van der Waals surface area contributed by atoms with Crippen LogP contribution in [0.1, 0.15) is 33.1 Å². The molecule has 1 aliphatic carbocycles. The fourth-order valence-corrected chi connectivity index (χ4v) is 3.13. The van der Waals surface area contributed by atoms with Crippen LogP contribution in [-0.2, 0) is 0 Å². The average Bonchev–Trinajstić information content (AvgIpc) is 2.77. The summed E-state index contributed by atoms with van der Waals surface area (Å²) in [4.78, 5) is 4.46. The molecule has 0 bridgehead atoms. The molecule has 1 heterocycles. The Morgan fingerprint density at radius 2 is 1.89 bits per heavy atom. The van der Waals surface area contributed by atoms with Gasteiger partial charge in [0.1, 0.15) is 11.6 Å². The fourth-order valence-electron chi connectivity index (χ4n) is 2.64. The van der Waals surface area contributed by atoms with Crippen LogP contribution in [-0.4, -0.2) is 18.1 Å². The lowest BCUT2D eigenvalue weighted by Gasteiger charge is -2.17. The van der Waals surface area contributed by atoms with Gasteiger partial charge in [-0.2, -0.15) is 0 Å². The van der Waals surface area contributed by atoms with Gasteiger partial charge in [0.15, 0.2) is 0 Å². The Kier molecular flexibility index (Phi) is 5.17. The van der Waals surface area contributed by atoms with Crippen LogP contribution in [0.15, 0.2) is 6.07 Å². The van der Waals surface area contributed by atoms with Crippen molar-refractivity contribution in [1.29, 1.82) is 0 Å². The van der Waals surface area contributed by atoms with Crippen LogP contribution in [0.3, 0.4) is 0 Å². The zero-order valence-corrected chi connectivity index (χ0v) is 13.0. The van der Waals surface area contributed by atoms with Gasteiger partial charge in [0, 0.05) is 13.1 Å². The van der Waals surface area contributed by atoms with Crippen LogP contribution in [0, 0.1) is 11.8 Å². The number of hydrogen-bond acceptors (Lipinski definition) is 3. The molecule has 0 aliphatic heterocycles. The number of nitrogens with zero attached hydrogens (tertiary/aromatic N) is 1. The molecule has 2 atom stereocenters. The van der Waals surface area contributed by atoms with Crippen LogP contribution in [0.4, 0.5) is 11.6 Å². The first kappa shape index (κ1) is 14.7. The minimum atomic E-state index is 0.562. The third-order valence-electron chi connectivity index (χ3n) is 3.84. The zero-order valence-electron chi connectivity index (χ0n) is 11.5. The van der Waals surface area contributed by atoms with E-state index in [0.717, 1.165) is 30.7 Å². The molecule has 1 aromatic rings. The number of hydrogen-bond donors (Lipinski definition) is 2. The van der Waals surface area contributed by atoms with E-state index in [4.69, 9.17) is 23.2 Å². The Hall–Kier alpha value is -0.670. The smallest absolute Gasteiger partial charge is 0.147 e. The zero-order chi connectivity index (χ0) is 13.8. The predicted octanol–water partition coefficient (Wildman–Crippen LogP) is 4.67. The van der Waals surface area contributed by atoms with Crippen molar-refractivity contribution in [2.24, 2.45) is 11.8 Å². The minimum Gasteiger partial charge on any atom is -0.369 e. The van der Waals surface area contributed by atoms with E-state index in [1.807, 2.05) is 6.92 Å². The molecule has 0 saturated heterocycles. The first-order chi connectivity index (χ1) is 9.11. The van der Waals surface area contributed by atoms with E-state index < -0.39 is 0 Å². The number of aromatic nitrogens is 1. The summed E-state index contributed by atoms with van der Waals surface area (Å²) in [6, 6.07) is 1.74. The van der Waals surface area contributed by atoms with Crippen molar-refractivity contribution in [1.82, 2.24) is 4.98 Å². The largest absolute Gasteiger partial charge is 0.369 e. The van der Waals surface area contributed by atoms with Crippen LogP contribution in [0.5, 0.6) is 0 Å². The molecule has 0 spiro atoms. The van der Waals surface area contributed by atoms with Crippen molar-refractivity contribution in [3.63, 3.8) is 0 Å². The van der Waals surface area contributed by atoms with Crippen LogP contribution in [0.25, 0.3) is 0 Å². The van der Waals surface area contributed by atoms with E-state index in [1.165, 1.54) is 19.3 Å². The van der Waals surface area contributed by atoms with Crippen LogP contribution < -0.4 is 10.6 Å². The molecule has 5 heteroatoms. The van der Waals surface area contributed by atoms with Gasteiger partial charge in [-0.1, -0.05) is 43.0 Å². The van der Waals surface area contributed by atoms with Crippen LogP contribution in [0.2, 0.25) is 10.0 Å². The lowest BCUT2D eigenvalue weighted by Crippen LogP contribution is -2.17. The second kappa shape index (κ2) is 6.67. The molecule has 1 fully saturated rings. The van der Waals surface area contributed by atoms with E-state index in [9.17, 15) is 0 Å². The number of pyridine rings is 1. The Morgan fingerprint density at radius 3 is 2.47 bits per heavy atom. The van der Waals surface area contributed by atoms with Crippen molar-refractivity contribution in [2.75, 3.05) is 23.7 Å². The Labute approximate surface area is 125 Å². The molecule has 0 aromatic carbocycles. The van der Waals surface area contributed by atoms with Gasteiger partial charge >= 0.3 is 0 Å². The molecular weight excluding hydrogens is 281 g/mol. The summed E-state index contributed by atoms with van der Waals surface area (Å²) >= 11 is 12.3. The Morgan fingerprint density at radius 1 is 1.21 bits per heavy atom. The molecule has 1 saturated carbocycles. The van der Waals surface area contributed by atoms with Gasteiger partial charge in [-0.05, 0) is 31.2 Å². The number of rotatable bonds is 5. The van der Waals surface area contributed by atoms with E-state index in [0.29, 0.717) is 15.9 Å². The molecule has 1 aromatic heterocycles. The average molecular weight is 302 g/mol. The van der Waals surface area contributed by atoms with E-state index >= 15 is 0 Å². The molecular formula is C14H21Cl2N3. The molecule has 0 radical (unpaired) electrons. The number of nitrogens with one attached hydrogen (secondary N) is 2. The van der Waals surface area contributed by atoms with Gasteiger partial charge in [-0.15, -0.1) is 0 Å². The number of anilines is 2. The van der Waals surface area contributed by atoms with E-state index in [2.05, 4.69) is 22.5 Å². The molecule has 2 rings (SSSR count). The molecule has 106 valence electrons. The normalized spacial score (nSPS) is 22.5. The highest BCUT2D eigenvalue weighted by Crippen LogP contribution is 2.33. The van der Waals surface area contributed by atoms with Crippen molar-refractivity contribution < 1.29 is 0 Å². The summed E-state index contributed by atoms with van der Waals surface area (Å²) in [5.74, 6) is 2.92. The van der Waals surface area contributed by atoms with Crippen LogP contribution >= 0.6 is 23.2 Å². The monoisotopic (exact) mass is 301 g/mol. The van der Waals surface area contributed by atoms with Gasteiger partial charge in [0.05, 0.1) is 10.0 Å². The highest BCUT2D eigenvalue weighted by molar-refractivity contribution is 6.37. The van der Waals surface area contributed by atoms with Gasteiger partial charge in [0.25, 0.3) is 0 Å². The molecule has 19 heavy (non-hydrogen) atoms. The van der Waals surface area contributed by atoms with Gasteiger partial charge in [-0.25, -0.2) is 4.98 Å². The summed E-state index contributed by atoms with van der Waals surface area (Å²) in [5, 5.41) is 7.65. The van der Waals surface area contributed by atoms with Gasteiger partial charge in [0.2, 0.25) is 0 Å². The second-order valence-corrected chi connectivity index (χ2v) is 6.04. The summed E-state index contributed by atoms with van der Waals surface area (Å²) < 4.78 is 0. The SMILES string of the molecule is CCNc1nc(NCC2CCCC2C)c(Cl)cc1Cl. The first-order valence-electron chi connectivity index (χ1n) is 6.95. The molecule has 2 N–H and O–H groups in total. The summed E-state index contributed by atoms with van der Waals surface area (Å²) in [5.41, 5.74) is 0. The molecule has 3 nitrogen and oxygen atoms in total.